The third-order valence-corrected chi connectivity index (χ3v) is 4.77. The van der Waals surface area contributed by atoms with E-state index in [1.54, 1.807) is 42.5 Å². The largest absolute Gasteiger partial charge is 0.494 e. The van der Waals surface area contributed by atoms with Gasteiger partial charge in [0.1, 0.15) is 11.5 Å². The molecule has 11 nitrogen and oxygen atoms in total. The topological polar surface area (TPSA) is 139 Å². The highest BCUT2D eigenvalue weighted by Gasteiger charge is 2.13. The second-order valence-electron chi connectivity index (χ2n) is 7.51. The van der Waals surface area contributed by atoms with Gasteiger partial charge in [-0.2, -0.15) is 5.10 Å². The Morgan fingerprint density at radius 2 is 1.65 bits per heavy atom. The van der Waals surface area contributed by atoms with E-state index in [0.717, 1.165) is 6.42 Å². The van der Waals surface area contributed by atoms with Gasteiger partial charge in [0.05, 0.1) is 30.4 Å². The Morgan fingerprint density at radius 1 is 0.973 bits per heavy atom. The number of carbonyl (C=O) groups excluding carboxylic acids is 2. The molecule has 0 saturated heterocycles. The van der Waals surface area contributed by atoms with Crippen molar-refractivity contribution in [2.75, 3.05) is 20.3 Å². The van der Waals surface area contributed by atoms with Gasteiger partial charge < -0.3 is 18.9 Å². The summed E-state index contributed by atoms with van der Waals surface area (Å²) in [5.41, 5.74) is 3.17. The SMILES string of the molecule is CCCOc1ccc(C(=O)Oc2ccc(C=NNC(=O)COc3ccc([N+](=O)[O-])cc3)cc2OC)cc1. The first-order valence-corrected chi connectivity index (χ1v) is 11.2. The van der Waals surface area contributed by atoms with Crippen molar-refractivity contribution in [2.24, 2.45) is 5.10 Å². The van der Waals surface area contributed by atoms with Crippen LogP contribution in [0.1, 0.15) is 29.3 Å². The Labute approximate surface area is 212 Å². The van der Waals surface area contributed by atoms with E-state index in [1.165, 1.54) is 37.6 Å². The predicted molar refractivity (Wildman–Crippen MR) is 135 cm³/mol. The van der Waals surface area contributed by atoms with Crippen LogP contribution in [-0.4, -0.2) is 43.3 Å². The molecule has 0 spiro atoms. The lowest BCUT2D eigenvalue weighted by Gasteiger charge is -2.10. The maximum absolute atomic E-state index is 12.5. The molecule has 0 aliphatic rings. The lowest BCUT2D eigenvalue weighted by atomic mass is 10.2. The number of methoxy groups -OCH3 is 1. The first-order chi connectivity index (χ1) is 17.9. The van der Waals surface area contributed by atoms with E-state index in [2.05, 4.69) is 10.5 Å². The number of ether oxygens (including phenoxy) is 4. The molecule has 0 saturated carbocycles. The van der Waals surface area contributed by atoms with Crippen LogP contribution in [0, 0.1) is 10.1 Å². The molecule has 0 radical (unpaired) electrons. The van der Waals surface area contributed by atoms with Gasteiger partial charge in [-0.3, -0.25) is 14.9 Å². The number of hydrogen-bond donors (Lipinski definition) is 1. The minimum atomic E-state index is -0.554. The number of non-ortho nitro benzene ring substituents is 1. The van der Waals surface area contributed by atoms with Crippen molar-refractivity contribution in [1.82, 2.24) is 5.43 Å². The molecule has 0 heterocycles. The van der Waals surface area contributed by atoms with Crippen LogP contribution in [0.25, 0.3) is 0 Å². The zero-order chi connectivity index (χ0) is 26.6. The van der Waals surface area contributed by atoms with Gasteiger partial charge in [-0.25, -0.2) is 10.2 Å². The zero-order valence-corrected chi connectivity index (χ0v) is 20.2. The van der Waals surface area contributed by atoms with Crippen LogP contribution in [0.4, 0.5) is 5.69 Å². The monoisotopic (exact) mass is 507 g/mol. The molecule has 0 atom stereocenters. The summed E-state index contributed by atoms with van der Waals surface area (Å²) in [5.74, 6) is 0.412. The maximum atomic E-state index is 12.5. The summed E-state index contributed by atoms with van der Waals surface area (Å²) in [5, 5.41) is 14.5. The molecule has 0 aliphatic heterocycles. The number of hydrazone groups is 1. The van der Waals surface area contributed by atoms with E-state index < -0.39 is 16.8 Å². The quantitative estimate of drug-likeness (QED) is 0.127. The lowest BCUT2D eigenvalue weighted by Crippen LogP contribution is -2.24. The van der Waals surface area contributed by atoms with Gasteiger partial charge in [0, 0.05) is 12.1 Å². The Hall–Kier alpha value is -4.93. The fraction of sp³-hybridized carbons (Fsp3) is 0.192. The van der Waals surface area contributed by atoms with E-state index >= 15 is 0 Å². The molecule has 3 aromatic rings. The van der Waals surface area contributed by atoms with E-state index in [9.17, 15) is 19.7 Å². The number of esters is 1. The normalized spacial score (nSPS) is 10.5. The van der Waals surface area contributed by atoms with E-state index in [1.807, 2.05) is 6.92 Å². The third-order valence-electron chi connectivity index (χ3n) is 4.77. The van der Waals surface area contributed by atoms with Crippen LogP contribution < -0.4 is 24.4 Å². The molecule has 37 heavy (non-hydrogen) atoms. The summed E-state index contributed by atoms with van der Waals surface area (Å²) >= 11 is 0. The van der Waals surface area contributed by atoms with Gasteiger partial charge in [-0.15, -0.1) is 0 Å². The number of carbonyl (C=O) groups is 2. The number of nitro benzene ring substituents is 1. The van der Waals surface area contributed by atoms with Crippen molar-refractivity contribution in [3.05, 3.63) is 88.0 Å². The third kappa shape index (κ3) is 8.06. The fourth-order valence-corrected chi connectivity index (χ4v) is 2.94. The molecule has 11 heteroatoms. The first kappa shape index (κ1) is 26.7. The molecule has 1 N–H and O–H groups in total. The molecule has 0 fully saturated rings. The van der Waals surface area contributed by atoms with Gasteiger partial charge in [-0.1, -0.05) is 6.92 Å². The summed E-state index contributed by atoms with van der Waals surface area (Å²) in [6, 6.07) is 16.8. The number of nitro groups is 1. The van der Waals surface area contributed by atoms with Gasteiger partial charge in [0.25, 0.3) is 11.6 Å². The number of hydrogen-bond acceptors (Lipinski definition) is 9. The highest BCUT2D eigenvalue weighted by Crippen LogP contribution is 2.28. The van der Waals surface area contributed by atoms with E-state index in [4.69, 9.17) is 18.9 Å². The van der Waals surface area contributed by atoms with Crippen molar-refractivity contribution < 1.29 is 33.5 Å². The van der Waals surface area contributed by atoms with Crippen molar-refractivity contribution in [3.8, 4) is 23.0 Å². The minimum absolute atomic E-state index is 0.0795. The number of nitrogens with zero attached hydrogens (tertiary/aromatic N) is 2. The van der Waals surface area contributed by atoms with E-state index in [0.29, 0.717) is 35.0 Å². The average Bonchev–Trinajstić information content (AvgIpc) is 2.91. The van der Waals surface area contributed by atoms with Crippen molar-refractivity contribution in [1.29, 1.82) is 0 Å². The summed E-state index contributed by atoms with van der Waals surface area (Å²) in [6.45, 7) is 2.27. The molecule has 0 bridgehead atoms. The molecular formula is C26H25N3O8. The maximum Gasteiger partial charge on any atom is 0.343 e. The Balaban J connectivity index is 1.52. The molecule has 3 aromatic carbocycles. The van der Waals surface area contributed by atoms with Crippen LogP contribution in [0.2, 0.25) is 0 Å². The standard InChI is InChI=1S/C26H25N3O8/c1-3-14-35-21-9-5-19(6-10-21)26(31)37-23-13-4-18(15-24(23)34-2)16-27-28-25(30)17-36-22-11-7-20(8-12-22)29(32)33/h4-13,15-16H,3,14,17H2,1-2H3,(H,28,30). The molecule has 0 aromatic heterocycles. The Kier molecular flexibility index (Phi) is 9.54. The second-order valence-corrected chi connectivity index (χ2v) is 7.51. The fourth-order valence-electron chi connectivity index (χ4n) is 2.94. The van der Waals surface area contributed by atoms with Gasteiger partial charge >= 0.3 is 5.97 Å². The zero-order valence-electron chi connectivity index (χ0n) is 20.2. The Bertz CT molecular complexity index is 1260. The van der Waals surface area contributed by atoms with Crippen LogP contribution in [-0.2, 0) is 4.79 Å². The number of amides is 1. The molecule has 3 rings (SSSR count). The summed E-state index contributed by atoms with van der Waals surface area (Å²) in [7, 11) is 1.44. The lowest BCUT2D eigenvalue weighted by molar-refractivity contribution is -0.384. The number of rotatable bonds is 12. The highest BCUT2D eigenvalue weighted by molar-refractivity contribution is 5.92. The summed E-state index contributed by atoms with van der Waals surface area (Å²) in [4.78, 5) is 34.6. The molecule has 0 aliphatic carbocycles. The van der Waals surface area contributed by atoms with Crippen molar-refractivity contribution >= 4 is 23.8 Å². The van der Waals surface area contributed by atoms with Crippen LogP contribution in [0.5, 0.6) is 23.0 Å². The Morgan fingerprint density at radius 3 is 2.30 bits per heavy atom. The number of benzene rings is 3. The first-order valence-electron chi connectivity index (χ1n) is 11.2. The molecular weight excluding hydrogens is 482 g/mol. The van der Waals surface area contributed by atoms with Gasteiger partial charge in [-0.05, 0) is 66.6 Å². The highest BCUT2D eigenvalue weighted by atomic mass is 16.6. The summed E-state index contributed by atoms with van der Waals surface area (Å²) < 4.78 is 21.6. The second kappa shape index (κ2) is 13.2. The molecule has 192 valence electrons. The van der Waals surface area contributed by atoms with Crippen molar-refractivity contribution in [3.63, 3.8) is 0 Å². The summed E-state index contributed by atoms with van der Waals surface area (Å²) in [6.07, 6.45) is 2.27. The average molecular weight is 507 g/mol. The smallest absolute Gasteiger partial charge is 0.343 e. The predicted octanol–water partition coefficient (Wildman–Crippen LogP) is 4.14. The molecule has 0 unspecified atom stereocenters. The minimum Gasteiger partial charge on any atom is -0.494 e. The van der Waals surface area contributed by atoms with Crippen LogP contribution in [0.15, 0.2) is 71.8 Å². The number of nitrogens with one attached hydrogen (secondary N) is 1. The molecule has 1 amide bonds. The van der Waals surface area contributed by atoms with Gasteiger partial charge in [0.2, 0.25) is 0 Å². The van der Waals surface area contributed by atoms with Crippen molar-refractivity contribution in [2.45, 2.75) is 13.3 Å². The van der Waals surface area contributed by atoms with Crippen LogP contribution in [0.3, 0.4) is 0 Å². The van der Waals surface area contributed by atoms with E-state index in [-0.39, 0.29) is 18.0 Å². The van der Waals surface area contributed by atoms with Crippen LogP contribution >= 0.6 is 0 Å². The van der Waals surface area contributed by atoms with Gasteiger partial charge in [0.15, 0.2) is 18.1 Å².